The van der Waals surface area contributed by atoms with Gasteiger partial charge in [-0.05, 0) is 47.9 Å². The van der Waals surface area contributed by atoms with E-state index in [0.717, 1.165) is 29.8 Å². The van der Waals surface area contributed by atoms with Crippen LogP contribution in [0.4, 0.5) is 0 Å². The summed E-state index contributed by atoms with van der Waals surface area (Å²) in [4.78, 5) is 0. The number of nitrogens with one attached hydrogen (secondary N) is 1. The molecule has 1 aliphatic heterocycles. The van der Waals surface area contributed by atoms with Crippen molar-refractivity contribution in [2.75, 3.05) is 13.1 Å². The highest BCUT2D eigenvalue weighted by Gasteiger charge is 2.25. The van der Waals surface area contributed by atoms with E-state index in [2.05, 4.69) is 5.32 Å². The lowest BCUT2D eigenvalue weighted by molar-refractivity contribution is 0.402. The van der Waals surface area contributed by atoms with Gasteiger partial charge < -0.3 is 15.5 Å². The van der Waals surface area contributed by atoms with Crippen molar-refractivity contribution < 1.29 is 10.2 Å². The Morgan fingerprint density at radius 2 is 1.81 bits per heavy atom. The van der Waals surface area contributed by atoms with Crippen LogP contribution in [-0.2, 0) is 6.42 Å². The lowest BCUT2D eigenvalue weighted by Gasteiger charge is -2.20. The molecule has 0 fully saturated rings. The molecule has 1 aliphatic rings. The van der Waals surface area contributed by atoms with Crippen LogP contribution in [0.25, 0.3) is 0 Å². The van der Waals surface area contributed by atoms with E-state index in [-0.39, 0.29) is 22.4 Å². The standard InChI is InChI=1S/C16H15Cl2NO2/c17-10-3-1-9(2-4-10)13-8-19-6-5-11-12(13)7-14(20)16(21)15(11)18/h1-4,7,13,19-21H,5-6,8H2/t13-/m1/s1. The maximum Gasteiger partial charge on any atom is 0.176 e. The lowest BCUT2D eigenvalue weighted by atomic mass is 9.87. The summed E-state index contributed by atoms with van der Waals surface area (Å²) in [6, 6.07) is 9.26. The Labute approximate surface area is 133 Å². The summed E-state index contributed by atoms with van der Waals surface area (Å²) in [6.45, 7) is 1.52. The Morgan fingerprint density at radius 3 is 2.52 bits per heavy atom. The number of aromatic hydroxyl groups is 2. The fourth-order valence-electron chi connectivity index (χ4n) is 2.81. The normalized spacial score (nSPS) is 18.1. The zero-order chi connectivity index (χ0) is 15.0. The summed E-state index contributed by atoms with van der Waals surface area (Å²) in [6.07, 6.45) is 0.714. The van der Waals surface area contributed by atoms with Gasteiger partial charge in [-0.15, -0.1) is 0 Å². The molecule has 5 heteroatoms. The second kappa shape index (κ2) is 5.76. The number of hydrogen-bond acceptors (Lipinski definition) is 3. The third kappa shape index (κ3) is 2.69. The van der Waals surface area contributed by atoms with Crippen LogP contribution in [0.2, 0.25) is 10.0 Å². The van der Waals surface area contributed by atoms with Gasteiger partial charge in [-0.3, -0.25) is 0 Å². The third-order valence-electron chi connectivity index (χ3n) is 3.90. The highest BCUT2D eigenvalue weighted by molar-refractivity contribution is 6.33. The van der Waals surface area contributed by atoms with Crippen molar-refractivity contribution in [2.24, 2.45) is 0 Å². The Bertz CT molecular complexity index is 671. The topological polar surface area (TPSA) is 52.5 Å². The first-order valence-electron chi connectivity index (χ1n) is 6.77. The van der Waals surface area contributed by atoms with Crippen LogP contribution in [0, 0.1) is 0 Å². The Morgan fingerprint density at radius 1 is 1.10 bits per heavy atom. The highest BCUT2D eigenvalue weighted by Crippen LogP contribution is 2.42. The summed E-state index contributed by atoms with van der Waals surface area (Å²) < 4.78 is 0. The van der Waals surface area contributed by atoms with E-state index in [1.807, 2.05) is 24.3 Å². The molecule has 0 spiro atoms. The van der Waals surface area contributed by atoms with Gasteiger partial charge in [0.15, 0.2) is 11.5 Å². The number of fused-ring (bicyclic) bond motifs is 1. The largest absolute Gasteiger partial charge is 0.504 e. The maximum atomic E-state index is 9.88. The van der Waals surface area contributed by atoms with Crippen LogP contribution in [0.1, 0.15) is 22.6 Å². The summed E-state index contributed by atoms with van der Waals surface area (Å²) in [5.74, 6) is -0.365. The Balaban J connectivity index is 2.14. The number of halogens is 2. The van der Waals surface area contributed by atoms with E-state index in [0.29, 0.717) is 11.4 Å². The van der Waals surface area contributed by atoms with E-state index in [1.54, 1.807) is 6.07 Å². The predicted molar refractivity (Wildman–Crippen MR) is 84.7 cm³/mol. The zero-order valence-corrected chi connectivity index (χ0v) is 12.7. The molecule has 0 aliphatic carbocycles. The average Bonchev–Trinajstić information content (AvgIpc) is 2.68. The van der Waals surface area contributed by atoms with Crippen LogP contribution < -0.4 is 5.32 Å². The minimum Gasteiger partial charge on any atom is -0.504 e. The molecule has 0 saturated carbocycles. The minimum absolute atomic E-state index is 0.0590. The fraction of sp³-hybridized carbons (Fsp3) is 0.250. The summed E-state index contributed by atoms with van der Waals surface area (Å²) in [7, 11) is 0. The van der Waals surface area contributed by atoms with E-state index in [1.165, 1.54) is 0 Å². The summed E-state index contributed by atoms with van der Waals surface area (Å²) >= 11 is 12.2. The van der Waals surface area contributed by atoms with Crippen LogP contribution in [0.3, 0.4) is 0 Å². The van der Waals surface area contributed by atoms with Crippen molar-refractivity contribution in [2.45, 2.75) is 12.3 Å². The smallest absolute Gasteiger partial charge is 0.176 e. The van der Waals surface area contributed by atoms with Gasteiger partial charge >= 0.3 is 0 Å². The predicted octanol–water partition coefficient (Wildman–Crippen LogP) is 3.68. The van der Waals surface area contributed by atoms with E-state index in [4.69, 9.17) is 23.2 Å². The van der Waals surface area contributed by atoms with Gasteiger partial charge in [-0.2, -0.15) is 0 Å². The van der Waals surface area contributed by atoms with Crippen LogP contribution >= 0.6 is 23.2 Å². The van der Waals surface area contributed by atoms with E-state index < -0.39 is 0 Å². The van der Waals surface area contributed by atoms with Gasteiger partial charge in [0.25, 0.3) is 0 Å². The number of rotatable bonds is 1. The van der Waals surface area contributed by atoms with Crippen molar-refractivity contribution in [3.63, 3.8) is 0 Å². The molecule has 0 saturated heterocycles. The minimum atomic E-state index is -0.243. The monoisotopic (exact) mass is 323 g/mol. The molecule has 1 atom stereocenters. The first kappa shape index (κ1) is 14.5. The van der Waals surface area contributed by atoms with Crippen molar-refractivity contribution in [1.82, 2.24) is 5.32 Å². The molecule has 0 aromatic heterocycles. The zero-order valence-electron chi connectivity index (χ0n) is 11.2. The van der Waals surface area contributed by atoms with Crippen LogP contribution in [0.5, 0.6) is 11.5 Å². The molecular weight excluding hydrogens is 309 g/mol. The summed E-state index contributed by atoms with van der Waals surface area (Å²) in [5.41, 5.74) is 2.93. The molecule has 1 heterocycles. The SMILES string of the molecule is Oc1cc2c(c(Cl)c1O)CCNC[C@@H]2c1ccc(Cl)cc1. The molecule has 21 heavy (non-hydrogen) atoms. The van der Waals surface area contributed by atoms with E-state index in [9.17, 15) is 10.2 Å². The quantitative estimate of drug-likeness (QED) is 0.702. The van der Waals surface area contributed by atoms with Crippen molar-refractivity contribution in [1.29, 1.82) is 0 Å². The van der Waals surface area contributed by atoms with Gasteiger partial charge in [0.05, 0.1) is 5.02 Å². The second-order valence-electron chi connectivity index (χ2n) is 5.18. The molecule has 110 valence electrons. The van der Waals surface area contributed by atoms with Gasteiger partial charge in [0.1, 0.15) is 0 Å². The molecule has 0 unspecified atom stereocenters. The van der Waals surface area contributed by atoms with Gasteiger partial charge in [-0.1, -0.05) is 35.3 Å². The molecule has 0 radical (unpaired) electrons. The highest BCUT2D eigenvalue weighted by atomic mass is 35.5. The Kier molecular flexibility index (Phi) is 3.98. The molecule has 3 N–H and O–H groups in total. The fourth-order valence-corrected chi connectivity index (χ4v) is 3.24. The van der Waals surface area contributed by atoms with Gasteiger partial charge in [0, 0.05) is 17.5 Å². The lowest BCUT2D eigenvalue weighted by Crippen LogP contribution is -2.20. The molecular formula is C16H15Cl2NO2. The van der Waals surface area contributed by atoms with Gasteiger partial charge in [-0.25, -0.2) is 0 Å². The maximum absolute atomic E-state index is 9.88. The third-order valence-corrected chi connectivity index (χ3v) is 4.56. The molecule has 2 aromatic rings. The molecule has 3 nitrogen and oxygen atoms in total. The van der Waals surface area contributed by atoms with Crippen molar-refractivity contribution in [3.8, 4) is 11.5 Å². The molecule has 0 amide bonds. The first-order chi connectivity index (χ1) is 10.1. The Hall–Kier alpha value is -1.42. The number of hydrogen-bond donors (Lipinski definition) is 3. The van der Waals surface area contributed by atoms with Crippen LogP contribution in [0.15, 0.2) is 30.3 Å². The van der Waals surface area contributed by atoms with E-state index >= 15 is 0 Å². The number of benzene rings is 2. The number of phenolic OH excluding ortho intramolecular Hbond substituents is 2. The second-order valence-corrected chi connectivity index (χ2v) is 6.00. The number of phenols is 2. The molecule has 3 rings (SSSR count). The van der Waals surface area contributed by atoms with Crippen LogP contribution in [-0.4, -0.2) is 23.3 Å². The molecule has 2 aromatic carbocycles. The first-order valence-corrected chi connectivity index (χ1v) is 7.53. The molecule has 0 bridgehead atoms. The van der Waals surface area contributed by atoms with Gasteiger partial charge in [0.2, 0.25) is 0 Å². The average molecular weight is 324 g/mol. The van der Waals surface area contributed by atoms with Crippen molar-refractivity contribution in [3.05, 3.63) is 57.1 Å². The van der Waals surface area contributed by atoms with Crippen molar-refractivity contribution >= 4 is 23.2 Å². The summed E-state index contributed by atoms with van der Waals surface area (Å²) in [5, 5.41) is 24.0.